The highest BCUT2D eigenvalue weighted by Crippen LogP contribution is 2.27. The van der Waals surface area contributed by atoms with E-state index in [2.05, 4.69) is 17.1 Å². The Kier molecular flexibility index (Phi) is 7.18. The fourth-order valence-corrected chi connectivity index (χ4v) is 3.21. The number of ether oxygens (including phenoxy) is 1. The first-order chi connectivity index (χ1) is 11.1. The fraction of sp³-hybridized carbons (Fsp3) is 0.611. The molecule has 1 aliphatic rings. The molecule has 0 spiro atoms. The molecule has 2 rings (SSSR count). The molecule has 1 aromatic rings. The Morgan fingerprint density at radius 3 is 2.83 bits per heavy atom. The highest BCUT2D eigenvalue weighted by atomic mass is 35.5. The summed E-state index contributed by atoms with van der Waals surface area (Å²) in [6, 6.07) is 6.15. The van der Waals surface area contributed by atoms with E-state index < -0.39 is 0 Å². The number of nitrogens with one attached hydrogen (secondary N) is 1. The van der Waals surface area contributed by atoms with Crippen LogP contribution in [0.3, 0.4) is 0 Å². The van der Waals surface area contributed by atoms with Gasteiger partial charge in [-0.2, -0.15) is 0 Å². The molecule has 1 aromatic carbocycles. The van der Waals surface area contributed by atoms with E-state index in [4.69, 9.17) is 16.3 Å². The van der Waals surface area contributed by atoms with Gasteiger partial charge in [-0.1, -0.05) is 23.7 Å². The van der Waals surface area contributed by atoms with Gasteiger partial charge in [-0.05, 0) is 57.8 Å². The zero-order valence-corrected chi connectivity index (χ0v) is 14.9. The van der Waals surface area contributed by atoms with Crippen LogP contribution in [0.1, 0.15) is 38.2 Å². The minimum Gasteiger partial charge on any atom is -0.490 e. The number of carbonyl (C=O) groups excluding carboxylic acids is 1. The number of hydrogen-bond donors (Lipinski definition) is 1. The maximum Gasteiger partial charge on any atom is 0.220 e. The molecule has 0 aliphatic carbocycles. The summed E-state index contributed by atoms with van der Waals surface area (Å²) >= 11 is 6.10. The lowest BCUT2D eigenvalue weighted by atomic mass is 10.1. The number of halogens is 1. The van der Waals surface area contributed by atoms with E-state index >= 15 is 0 Å². The third-order valence-electron chi connectivity index (χ3n) is 4.39. The Balaban J connectivity index is 1.61. The minimum atomic E-state index is 0.0931. The quantitative estimate of drug-likeness (QED) is 0.738. The van der Waals surface area contributed by atoms with Crippen molar-refractivity contribution in [2.75, 3.05) is 26.2 Å². The van der Waals surface area contributed by atoms with Crippen LogP contribution in [0.4, 0.5) is 0 Å². The van der Waals surface area contributed by atoms with E-state index in [1.807, 2.05) is 25.1 Å². The molecule has 1 unspecified atom stereocenters. The Morgan fingerprint density at radius 1 is 1.39 bits per heavy atom. The number of likely N-dealkylation sites (tertiary alicyclic amines) is 1. The molecular weight excluding hydrogens is 312 g/mol. The van der Waals surface area contributed by atoms with Gasteiger partial charge >= 0.3 is 0 Å². The molecule has 0 radical (unpaired) electrons. The van der Waals surface area contributed by atoms with E-state index in [0.717, 1.165) is 12.0 Å². The summed E-state index contributed by atoms with van der Waals surface area (Å²) in [7, 11) is 0. The van der Waals surface area contributed by atoms with Crippen molar-refractivity contribution in [1.29, 1.82) is 0 Å². The minimum absolute atomic E-state index is 0.0931. The van der Waals surface area contributed by atoms with Gasteiger partial charge in [0.15, 0.2) is 0 Å². The van der Waals surface area contributed by atoms with Gasteiger partial charge in [-0.25, -0.2) is 0 Å². The van der Waals surface area contributed by atoms with Crippen molar-refractivity contribution in [1.82, 2.24) is 10.2 Å². The normalized spacial score (nSPS) is 16.3. The second kappa shape index (κ2) is 9.14. The SMILES string of the molecule is Cc1cccc(Cl)c1OCCNC(=O)CCC(C)N1CCCC1. The number of nitrogens with zero attached hydrogens (tertiary/aromatic N) is 1. The second-order valence-electron chi connectivity index (χ2n) is 6.22. The summed E-state index contributed by atoms with van der Waals surface area (Å²) in [5, 5.41) is 3.52. The van der Waals surface area contributed by atoms with Crippen molar-refractivity contribution in [3.8, 4) is 5.75 Å². The summed E-state index contributed by atoms with van der Waals surface area (Å²) in [4.78, 5) is 14.4. The van der Waals surface area contributed by atoms with Crippen molar-refractivity contribution in [3.05, 3.63) is 28.8 Å². The van der Waals surface area contributed by atoms with Crippen LogP contribution in [0.15, 0.2) is 18.2 Å². The molecular formula is C18H27ClN2O2. The summed E-state index contributed by atoms with van der Waals surface area (Å²) in [6.07, 6.45) is 4.06. The zero-order chi connectivity index (χ0) is 16.7. The smallest absolute Gasteiger partial charge is 0.220 e. The molecule has 1 fully saturated rings. The van der Waals surface area contributed by atoms with Crippen LogP contribution in [0.5, 0.6) is 5.75 Å². The van der Waals surface area contributed by atoms with E-state index in [-0.39, 0.29) is 5.91 Å². The number of rotatable bonds is 8. The summed E-state index contributed by atoms with van der Waals surface area (Å²) < 4.78 is 5.67. The van der Waals surface area contributed by atoms with Crippen LogP contribution in [0.2, 0.25) is 5.02 Å². The molecule has 128 valence electrons. The lowest BCUT2D eigenvalue weighted by molar-refractivity contribution is -0.121. The molecule has 0 aromatic heterocycles. The third-order valence-corrected chi connectivity index (χ3v) is 4.69. The number of aryl methyl sites for hydroxylation is 1. The van der Waals surface area contributed by atoms with Crippen LogP contribution < -0.4 is 10.1 Å². The van der Waals surface area contributed by atoms with Gasteiger partial charge in [-0.3, -0.25) is 4.79 Å². The Hall–Kier alpha value is -1.26. The van der Waals surface area contributed by atoms with Gasteiger partial charge in [0.2, 0.25) is 5.91 Å². The molecule has 0 saturated carbocycles. The van der Waals surface area contributed by atoms with Crippen LogP contribution in [-0.2, 0) is 4.79 Å². The number of para-hydroxylation sites is 1. The van der Waals surface area contributed by atoms with Gasteiger partial charge in [0.25, 0.3) is 0 Å². The molecule has 1 heterocycles. The number of benzene rings is 1. The van der Waals surface area contributed by atoms with E-state index in [0.29, 0.717) is 36.4 Å². The zero-order valence-electron chi connectivity index (χ0n) is 14.1. The topological polar surface area (TPSA) is 41.6 Å². The van der Waals surface area contributed by atoms with Gasteiger partial charge in [0.05, 0.1) is 11.6 Å². The van der Waals surface area contributed by atoms with E-state index in [1.54, 1.807) is 0 Å². The number of carbonyl (C=O) groups is 1. The van der Waals surface area contributed by atoms with Crippen molar-refractivity contribution in [2.45, 2.75) is 45.6 Å². The lowest BCUT2D eigenvalue weighted by Crippen LogP contribution is -2.33. The molecule has 4 nitrogen and oxygen atoms in total. The maximum atomic E-state index is 11.9. The third kappa shape index (κ3) is 5.70. The Labute approximate surface area is 144 Å². The summed E-state index contributed by atoms with van der Waals surface area (Å²) in [5.74, 6) is 0.793. The molecule has 1 aliphatic heterocycles. The first kappa shape index (κ1) is 18.1. The van der Waals surface area contributed by atoms with Gasteiger partial charge < -0.3 is 15.0 Å². The van der Waals surface area contributed by atoms with Crippen molar-refractivity contribution >= 4 is 17.5 Å². The van der Waals surface area contributed by atoms with Gasteiger partial charge in [-0.15, -0.1) is 0 Å². The highest BCUT2D eigenvalue weighted by molar-refractivity contribution is 6.32. The standard InChI is InChI=1S/C18H27ClN2O2/c1-14-6-5-7-16(19)18(14)23-13-10-20-17(22)9-8-15(2)21-11-3-4-12-21/h5-7,15H,3-4,8-13H2,1-2H3,(H,20,22). The van der Waals surface area contributed by atoms with E-state index in [1.165, 1.54) is 25.9 Å². The summed E-state index contributed by atoms with van der Waals surface area (Å²) in [5.41, 5.74) is 1.00. The number of amides is 1. The van der Waals surface area contributed by atoms with Gasteiger partial charge in [0.1, 0.15) is 12.4 Å². The van der Waals surface area contributed by atoms with Crippen molar-refractivity contribution in [2.24, 2.45) is 0 Å². The molecule has 1 amide bonds. The van der Waals surface area contributed by atoms with Crippen LogP contribution in [-0.4, -0.2) is 43.1 Å². The monoisotopic (exact) mass is 338 g/mol. The average Bonchev–Trinajstić information content (AvgIpc) is 3.06. The van der Waals surface area contributed by atoms with Gasteiger partial charge in [0, 0.05) is 12.5 Å². The molecule has 0 bridgehead atoms. The second-order valence-corrected chi connectivity index (χ2v) is 6.62. The van der Waals surface area contributed by atoms with Crippen LogP contribution in [0, 0.1) is 6.92 Å². The van der Waals surface area contributed by atoms with Crippen LogP contribution >= 0.6 is 11.6 Å². The first-order valence-electron chi connectivity index (χ1n) is 8.46. The van der Waals surface area contributed by atoms with Crippen molar-refractivity contribution < 1.29 is 9.53 Å². The molecule has 1 saturated heterocycles. The maximum absolute atomic E-state index is 11.9. The largest absolute Gasteiger partial charge is 0.490 e. The molecule has 1 N–H and O–H groups in total. The first-order valence-corrected chi connectivity index (χ1v) is 8.84. The molecule has 23 heavy (non-hydrogen) atoms. The number of hydrogen-bond acceptors (Lipinski definition) is 3. The molecule has 1 atom stereocenters. The Morgan fingerprint density at radius 2 is 2.13 bits per heavy atom. The average molecular weight is 339 g/mol. The molecule has 5 heteroatoms. The van der Waals surface area contributed by atoms with Crippen molar-refractivity contribution in [3.63, 3.8) is 0 Å². The predicted molar refractivity (Wildman–Crippen MR) is 94.2 cm³/mol. The Bertz CT molecular complexity index is 495. The summed E-state index contributed by atoms with van der Waals surface area (Å²) in [6.45, 7) is 7.45. The predicted octanol–water partition coefficient (Wildman–Crippen LogP) is 3.41. The van der Waals surface area contributed by atoms with E-state index in [9.17, 15) is 4.79 Å². The fourth-order valence-electron chi connectivity index (χ4n) is 2.94. The lowest BCUT2D eigenvalue weighted by Gasteiger charge is -2.23. The van der Waals surface area contributed by atoms with Crippen LogP contribution in [0.25, 0.3) is 0 Å². The highest BCUT2D eigenvalue weighted by Gasteiger charge is 2.18.